The van der Waals surface area contributed by atoms with Crippen LogP contribution in [0.5, 0.6) is 0 Å². The molecule has 1 saturated heterocycles. The Hall–Kier alpha value is -1.02. The monoisotopic (exact) mass is 189 g/mol. The van der Waals surface area contributed by atoms with Crippen molar-refractivity contribution in [3.05, 3.63) is 29.8 Å². The Morgan fingerprint density at radius 2 is 2.21 bits per heavy atom. The zero-order chi connectivity index (χ0) is 9.76. The number of likely N-dealkylation sites (N-methyl/N-ethyl adjacent to an activating group) is 1. The maximum atomic E-state index is 5.80. The topological polar surface area (TPSA) is 12.5 Å². The molecule has 0 saturated carbocycles. The van der Waals surface area contributed by atoms with Crippen molar-refractivity contribution < 1.29 is 4.74 Å². The molecule has 2 heterocycles. The van der Waals surface area contributed by atoms with Crippen LogP contribution in [-0.4, -0.2) is 19.9 Å². The second-order valence-electron chi connectivity index (χ2n) is 4.52. The second-order valence-corrected chi connectivity index (χ2v) is 4.52. The summed E-state index contributed by atoms with van der Waals surface area (Å²) in [5, 5.41) is 0. The first-order valence-electron chi connectivity index (χ1n) is 5.17. The van der Waals surface area contributed by atoms with Crippen molar-refractivity contribution in [2.45, 2.75) is 25.0 Å². The van der Waals surface area contributed by atoms with Crippen molar-refractivity contribution in [3.63, 3.8) is 0 Å². The highest BCUT2D eigenvalue weighted by Gasteiger charge is 2.50. The SMILES string of the molecule is CN1c2ccccc2[C@@]2(C)CCOC12. The highest BCUT2D eigenvalue weighted by atomic mass is 16.5. The van der Waals surface area contributed by atoms with Gasteiger partial charge >= 0.3 is 0 Å². The molecule has 0 N–H and O–H groups in total. The average Bonchev–Trinajstić information content (AvgIpc) is 2.67. The smallest absolute Gasteiger partial charge is 0.139 e. The van der Waals surface area contributed by atoms with Crippen LogP contribution >= 0.6 is 0 Å². The van der Waals surface area contributed by atoms with Crippen LogP contribution in [0.3, 0.4) is 0 Å². The van der Waals surface area contributed by atoms with Crippen LogP contribution in [0.4, 0.5) is 5.69 Å². The molecular formula is C12H15NO. The number of anilines is 1. The van der Waals surface area contributed by atoms with E-state index in [2.05, 4.69) is 43.1 Å². The molecule has 0 spiro atoms. The first kappa shape index (κ1) is 8.30. The number of para-hydroxylation sites is 1. The number of benzene rings is 1. The average molecular weight is 189 g/mol. The number of fused-ring (bicyclic) bond motifs is 3. The number of hydrogen-bond donors (Lipinski definition) is 0. The summed E-state index contributed by atoms with van der Waals surface area (Å²) in [5.74, 6) is 0. The Morgan fingerprint density at radius 3 is 3.07 bits per heavy atom. The fourth-order valence-electron chi connectivity index (χ4n) is 2.89. The molecule has 0 aromatic heterocycles. The van der Waals surface area contributed by atoms with Crippen LogP contribution in [0.15, 0.2) is 24.3 Å². The van der Waals surface area contributed by atoms with Gasteiger partial charge in [-0.3, -0.25) is 0 Å². The number of rotatable bonds is 0. The molecule has 0 amide bonds. The van der Waals surface area contributed by atoms with Gasteiger partial charge in [-0.15, -0.1) is 0 Å². The van der Waals surface area contributed by atoms with Gasteiger partial charge in [-0.05, 0) is 18.1 Å². The molecule has 14 heavy (non-hydrogen) atoms. The van der Waals surface area contributed by atoms with Crippen molar-refractivity contribution in [2.75, 3.05) is 18.6 Å². The number of ether oxygens (including phenoxy) is 1. The predicted molar refractivity (Wildman–Crippen MR) is 56.6 cm³/mol. The summed E-state index contributed by atoms with van der Waals surface area (Å²) in [6.07, 6.45) is 1.39. The van der Waals surface area contributed by atoms with Crippen molar-refractivity contribution in [2.24, 2.45) is 0 Å². The Morgan fingerprint density at radius 1 is 1.43 bits per heavy atom. The molecule has 2 nitrogen and oxygen atoms in total. The summed E-state index contributed by atoms with van der Waals surface area (Å²) in [5.41, 5.74) is 3.00. The third kappa shape index (κ3) is 0.800. The predicted octanol–water partition coefficient (Wildman–Crippen LogP) is 2.14. The van der Waals surface area contributed by atoms with Crippen LogP contribution in [-0.2, 0) is 10.2 Å². The Balaban J connectivity index is 2.21. The van der Waals surface area contributed by atoms with E-state index >= 15 is 0 Å². The molecule has 1 fully saturated rings. The van der Waals surface area contributed by atoms with Crippen LogP contribution in [0, 0.1) is 0 Å². The maximum Gasteiger partial charge on any atom is 0.139 e. The molecule has 2 aliphatic heterocycles. The van der Waals surface area contributed by atoms with E-state index in [1.54, 1.807) is 0 Å². The molecule has 74 valence electrons. The lowest BCUT2D eigenvalue weighted by atomic mass is 9.82. The van der Waals surface area contributed by atoms with E-state index in [9.17, 15) is 0 Å². The zero-order valence-electron chi connectivity index (χ0n) is 8.66. The summed E-state index contributed by atoms with van der Waals surface area (Å²) < 4.78 is 5.80. The van der Waals surface area contributed by atoms with E-state index in [4.69, 9.17) is 4.74 Å². The third-order valence-corrected chi connectivity index (χ3v) is 3.69. The normalized spacial score (nSPS) is 34.4. The fraction of sp³-hybridized carbons (Fsp3) is 0.500. The van der Waals surface area contributed by atoms with Crippen molar-refractivity contribution in [3.8, 4) is 0 Å². The van der Waals surface area contributed by atoms with Crippen LogP contribution in [0.2, 0.25) is 0 Å². The summed E-state index contributed by atoms with van der Waals surface area (Å²) in [7, 11) is 2.13. The molecule has 2 atom stereocenters. The summed E-state index contributed by atoms with van der Waals surface area (Å²) in [6.45, 7) is 3.20. The van der Waals surface area contributed by atoms with Crippen molar-refractivity contribution in [1.82, 2.24) is 0 Å². The van der Waals surface area contributed by atoms with Gasteiger partial charge in [0.1, 0.15) is 6.23 Å². The Bertz CT molecular complexity index is 376. The lowest BCUT2D eigenvalue weighted by molar-refractivity contribution is 0.0920. The quantitative estimate of drug-likeness (QED) is 0.620. The molecule has 2 heteroatoms. The third-order valence-electron chi connectivity index (χ3n) is 3.69. The van der Waals surface area contributed by atoms with Crippen molar-refractivity contribution in [1.29, 1.82) is 0 Å². The standard InChI is InChI=1S/C12H15NO/c1-12-7-8-14-11(12)13(2)10-6-4-3-5-9(10)12/h3-6,11H,7-8H2,1-2H3/t11?,12-/m1/s1. The number of hydrogen-bond acceptors (Lipinski definition) is 2. The summed E-state index contributed by atoms with van der Waals surface area (Å²) >= 11 is 0. The molecule has 1 aromatic rings. The molecular weight excluding hydrogens is 174 g/mol. The van der Waals surface area contributed by atoms with Crippen molar-refractivity contribution >= 4 is 5.69 Å². The maximum absolute atomic E-state index is 5.80. The zero-order valence-corrected chi connectivity index (χ0v) is 8.66. The van der Waals surface area contributed by atoms with Gasteiger partial charge in [0.15, 0.2) is 0 Å². The molecule has 0 radical (unpaired) electrons. The summed E-state index contributed by atoms with van der Waals surface area (Å²) in [6, 6.07) is 8.64. The molecule has 0 aliphatic carbocycles. The van der Waals surface area contributed by atoms with E-state index in [1.807, 2.05) is 0 Å². The van der Waals surface area contributed by atoms with E-state index < -0.39 is 0 Å². The van der Waals surface area contributed by atoms with E-state index in [0.29, 0.717) is 0 Å². The van der Waals surface area contributed by atoms with Gasteiger partial charge in [-0.2, -0.15) is 0 Å². The number of nitrogens with zero attached hydrogens (tertiary/aromatic N) is 1. The van der Waals surface area contributed by atoms with E-state index in [0.717, 1.165) is 13.0 Å². The Kier molecular flexibility index (Phi) is 1.49. The molecule has 3 rings (SSSR count). The largest absolute Gasteiger partial charge is 0.357 e. The van der Waals surface area contributed by atoms with Gasteiger partial charge in [0.2, 0.25) is 0 Å². The fourth-order valence-corrected chi connectivity index (χ4v) is 2.89. The van der Waals surface area contributed by atoms with Crippen LogP contribution in [0.1, 0.15) is 18.9 Å². The first-order valence-corrected chi connectivity index (χ1v) is 5.17. The van der Waals surface area contributed by atoms with Gasteiger partial charge in [0, 0.05) is 18.2 Å². The van der Waals surface area contributed by atoms with Crippen LogP contribution in [0.25, 0.3) is 0 Å². The highest BCUT2D eigenvalue weighted by Crippen LogP contribution is 2.49. The molecule has 1 unspecified atom stereocenters. The molecule has 0 bridgehead atoms. The van der Waals surface area contributed by atoms with E-state index in [1.165, 1.54) is 11.3 Å². The van der Waals surface area contributed by atoms with Gasteiger partial charge in [-0.25, -0.2) is 0 Å². The minimum absolute atomic E-state index is 0.214. The van der Waals surface area contributed by atoms with Gasteiger partial charge in [-0.1, -0.05) is 25.1 Å². The molecule has 1 aromatic carbocycles. The molecule has 2 aliphatic rings. The second kappa shape index (κ2) is 2.51. The Labute approximate surface area is 84.5 Å². The lowest BCUT2D eigenvalue weighted by Crippen LogP contribution is -2.37. The lowest BCUT2D eigenvalue weighted by Gasteiger charge is -2.26. The minimum atomic E-state index is 0.214. The summed E-state index contributed by atoms with van der Waals surface area (Å²) in [4.78, 5) is 2.27. The van der Waals surface area contributed by atoms with E-state index in [-0.39, 0.29) is 11.6 Å². The minimum Gasteiger partial charge on any atom is -0.357 e. The van der Waals surface area contributed by atoms with Gasteiger partial charge in [0.05, 0.1) is 6.61 Å². The highest BCUT2D eigenvalue weighted by molar-refractivity contribution is 5.63. The van der Waals surface area contributed by atoms with Gasteiger partial charge in [0.25, 0.3) is 0 Å². The van der Waals surface area contributed by atoms with Gasteiger partial charge < -0.3 is 9.64 Å². The van der Waals surface area contributed by atoms with Crippen LogP contribution < -0.4 is 4.90 Å². The first-order chi connectivity index (χ1) is 6.73.